The first kappa shape index (κ1) is 16.8. The fourth-order valence-electron chi connectivity index (χ4n) is 2.74. The van der Waals surface area contributed by atoms with Gasteiger partial charge in [0.05, 0.1) is 5.69 Å². The van der Waals surface area contributed by atoms with Crippen molar-refractivity contribution in [2.75, 3.05) is 5.32 Å². The molecule has 2 heterocycles. The number of nitrogens with one attached hydrogen (secondary N) is 1. The molecule has 0 aliphatic carbocycles. The summed E-state index contributed by atoms with van der Waals surface area (Å²) >= 11 is 0. The van der Waals surface area contributed by atoms with Gasteiger partial charge in [-0.3, -0.25) is 4.79 Å². The van der Waals surface area contributed by atoms with Crippen molar-refractivity contribution >= 4 is 22.8 Å². The number of aromatic nitrogens is 4. The Morgan fingerprint density at radius 2 is 1.93 bits per heavy atom. The fourth-order valence-corrected chi connectivity index (χ4v) is 2.74. The van der Waals surface area contributed by atoms with Gasteiger partial charge in [0.15, 0.2) is 17.3 Å². The van der Waals surface area contributed by atoms with E-state index in [1.807, 2.05) is 13.0 Å². The minimum atomic E-state index is -1.02. The smallest absolute Gasteiger partial charge is 0.255 e. The van der Waals surface area contributed by atoms with Gasteiger partial charge in [0.1, 0.15) is 5.52 Å². The van der Waals surface area contributed by atoms with Gasteiger partial charge in [-0.2, -0.15) is 4.68 Å². The normalized spacial score (nSPS) is 10.9. The Balaban J connectivity index is 1.63. The van der Waals surface area contributed by atoms with E-state index in [2.05, 4.69) is 20.6 Å². The molecule has 0 fully saturated rings. The van der Waals surface area contributed by atoms with Crippen LogP contribution in [0.25, 0.3) is 16.9 Å². The van der Waals surface area contributed by atoms with Gasteiger partial charge in [0.2, 0.25) is 0 Å². The Morgan fingerprint density at radius 3 is 2.70 bits per heavy atom. The SMILES string of the molecule is Cc1cc(C(=O)Nc2ccc(F)c(F)c2)ccc1-n1nnc2cccnc21. The molecule has 0 saturated carbocycles. The van der Waals surface area contributed by atoms with Crippen molar-refractivity contribution in [3.63, 3.8) is 0 Å². The number of aryl methyl sites for hydroxylation is 1. The predicted molar refractivity (Wildman–Crippen MR) is 95.7 cm³/mol. The van der Waals surface area contributed by atoms with Crippen molar-refractivity contribution in [1.29, 1.82) is 0 Å². The van der Waals surface area contributed by atoms with Crippen LogP contribution in [0.15, 0.2) is 54.7 Å². The van der Waals surface area contributed by atoms with Crippen molar-refractivity contribution < 1.29 is 13.6 Å². The molecule has 0 unspecified atom stereocenters. The molecular formula is C19H13F2N5O. The second-order valence-electron chi connectivity index (χ2n) is 5.93. The van der Waals surface area contributed by atoms with E-state index in [1.165, 1.54) is 6.07 Å². The van der Waals surface area contributed by atoms with Gasteiger partial charge in [0.25, 0.3) is 5.91 Å². The number of amides is 1. The van der Waals surface area contributed by atoms with Crippen LogP contribution in [-0.4, -0.2) is 25.9 Å². The monoisotopic (exact) mass is 365 g/mol. The highest BCUT2D eigenvalue weighted by molar-refractivity contribution is 6.04. The van der Waals surface area contributed by atoms with Gasteiger partial charge in [-0.05, 0) is 55.0 Å². The van der Waals surface area contributed by atoms with Gasteiger partial charge in [0, 0.05) is 23.5 Å². The molecule has 0 atom stereocenters. The number of nitrogens with zero attached hydrogens (tertiary/aromatic N) is 4. The van der Waals surface area contributed by atoms with Crippen molar-refractivity contribution in [3.05, 3.63) is 77.5 Å². The standard InChI is InChI=1S/C19H13F2N5O/c1-11-9-12(19(27)23-13-5-6-14(20)15(21)10-13)4-7-17(11)26-18-16(24-25-26)3-2-8-22-18/h2-10H,1H3,(H,23,27). The lowest BCUT2D eigenvalue weighted by Crippen LogP contribution is -2.13. The topological polar surface area (TPSA) is 72.7 Å². The number of carbonyl (C=O) groups is 1. The molecule has 1 N–H and O–H groups in total. The minimum absolute atomic E-state index is 0.173. The Labute approximate surface area is 152 Å². The highest BCUT2D eigenvalue weighted by Gasteiger charge is 2.13. The van der Waals surface area contributed by atoms with E-state index in [-0.39, 0.29) is 5.69 Å². The average Bonchev–Trinajstić information content (AvgIpc) is 3.08. The number of rotatable bonds is 3. The summed E-state index contributed by atoms with van der Waals surface area (Å²) in [6.07, 6.45) is 1.65. The van der Waals surface area contributed by atoms with Gasteiger partial charge >= 0.3 is 0 Å². The highest BCUT2D eigenvalue weighted by Crippen LogP contribution is 2.20. The number of benzene rings is 2. The van der Waals surface area contributed by atoms with Crippen LogP contribution in [0.3, 0.4) is 0 Å². The van der Waals surface area contributed by atoms with Crippen LogP contribution in [0, 0.1) is 18.6 Å². The third-order valence-electron chi connectivity index (χ3n) is 4.07. The van der Waals surface area contributed by atoms with Gasteiger partial charge in [-0.25, -0.2) is 13.8 Å². The van der Waals surface area contributed by atoms with E-state index >= 15 is 0 Å². The molecule has 4 aromatic rings. The van der Waals surface area contributed by atoms with E-state index in [1.54, 1.807) is 35.1 Å². The Morgan fingerprint density at radius 1 is 1.07 bits per heavy atom. The quantitative estimate of drug-likeness (QED) is 0.601. The molecule has 0 aliphatic rings. The van der Waals surface area contributed by atoms with Crippen molar-refractivity contribution in [3.8, 4) is 5.69 Å². The molecule has 0 radical (unpaired) electrons. The summed E-state index contributed by atoms with van der Waals surface area (Å²) in [5.41, 5.74) is 3.34. The largest absolute Gasteiger partial charge is 0.322 e. The van der Waals surface area contributed by atoms with Crippen LogP contribution < -0.4 is 5.32 Å². The molecule has 0 saturated heterocycles. The zero-order valence-electron chi connectivity index (χ0n) is 14.1. The number of hydrogen-bond acceptors (Lipinski definition) is 4. The van der Waals surface area contributed by atoms with Gasteiger partial charge in [-0.15, -0.1) is 5.10 Å². The summed E-state index contributed by atoms with van der Waals surface area (Å²) < 4.78 is 27.9. The molecule has 0 spiro atoms. The van der Waals surface area contributed by atoms with E-state index in [0.29, 0.717) is 16.7 Å². The highest BCUT2D eigenvalue weighted by atomic mass is 19.2. The van der Waals surface area contributed by atoms with E-state index < -0.39 is 17.5 Å². The second kappa shape index (κ2) is 6.56. The zero-order chi connectivity index (χ0) is 19.0. The molecule has 4 rings (SSSR count). The van der Waals surface area contributed by atoms with Gasteiger partial charge < -0.3 is 5.32 Å². The Bertz CT molecular complexity index is 1170. The number of halogens is 2. The first-order valence-electron chi connectivity index (χ1n) is 8.07. The van der Waals surface area contributed by atoms with Crippen LogP contribution in [-0.2, 0) is 0 Å². The number of anilines is 1. The summed E-state index contributed by atoms with van der Waals surface area (Å²) in [6, 6.07) is 11.8. The molecule has 0 bridgehead atoms. The lowest BCUT2D eigenvalue weighted by Gasteiger charge is -2.09. The first-order chi connectivity index (χ1) is 13.0. The maximum atomic E-state index is 13.3. The average molecular weight is 365 g/mol. The van der Waals surface area contributed by atoms with Crippen LogP contribution in [0.2, 0.25) is 0 Å². The molecule has 1 amide bonds. The van der Waals surface area contributed by atoms with Crippen molar-refractivity contribution in [2.45, 2.75) is 6.92 Å². The summed E-state index contributed by atoms with van der Waals surface area (Å²) in [5, 5.41) is 10.7. The first-order valence-corrected chi connectivity index (χ1v) is 8.07. The maximum absolute atomic E-state index is 13.3. The molecule has 8 heteroatoms. The van der Waals surface area contributed by atoms with Crippen LogP contribution in [0.4, 0.5) is 14.5 Å². The summed E-state index contributed by atoms with van der Waals surface area (Å²) in [7, 11) is 0. The number of hydrogen-bond donors (Lipinski definition) is 1. The third-order valence-corrected chi connectivity index (χ3v) is 4.07. The molecular weight excluding hydrogens is 352 g/mol. The van der Waals surface area contributed by atoms with Crippen LogP contribution in [0.1, 0.15) is 15.9 Å². The summed E-state index contributed by atoms with van der Waals surface area (Å²) in [5.74, 6) is -2.43. The van der Waals surface area contributed by atoms with E-state index in [4.69, 9.17) is 0 Å². The third kappa shape index (κ3) is 3.12. The lowest BCUT2D eigenvalue weighted by atomic mass is 10.1. The minimum Gasteiger partial charge on any atom is -0.322 e. The predicted octanol–water partition coefficient (Wildman–Crippen LogP) is 3.65. The Kier molecular flexibility index (Phi) is 4.08. The van der Waals surface area contributed by atoms with Crippen molar-refractivity contribution in [2.24, 2.45) is 0 Å². The zero-order valence-corrected chi connectivity index (χ0v) is 14.1. The number of pyridine rings is 1. The summed E-state index contributed by atoms with van der Waals surface area (Å²) in [4.78, 5) is 16.7. The summed E-state index contributed by atoms with van der Waals surface area (Å²) in [6.45, 7) is 1.83. The molecule has 0 aliphatic heterocycles. The molecule has 2 aromatic carbocycles. The van der Waals surface area contributed by atoms with Crippen LogP contribution >= 0.6 is 0 Å². The van der Waals surface area contributed by atoms with E-state index in [0.717, 1.165) is 23.4 Å². The number of fused-ring (bicyclic) bond motifs is 1. The molecule has 27 heavy (non-hydrogen) atoms. The lowest BCUT2D eigenvalue weighted by molar-refractivity contribution is 0.102. The molecule has 2 aromatic heterocycles. The van der Waals surface area contributed by atoms with Crippen molar-refractivity contribution in [1.82, 2.24) is 20.0 Å². The van der Waals surface area contributed by atoms with Crippen LogP contribution in [0.5, 0.6) is 0 Å². The number of carbonyl (C=O) groups excluding carboxylic acids is 1. The fraction of sp³-hybridized carbons (Fsp3) is 0.0526. The molecule has 134 valence electrons. The molecule has 6 nitrogen and oxygen atoms in total. The second-order valence-corrected chi connectivity index (χ2v) is 5.93. The Hall–Kier alpha value is -3.68. The van der Waals surface area contributed by atoms with Gasteiger partial charge in [-0.1, -0.05) is 5.21 Å². The maximum Gasteiger partial charge on any atom is 0.255 e. The van der Waals surface area contributed by atoms with E-state index in [9.17, 15) is 13.6 Å².